The van der Waals surface area contributed by atoms with Gasteiger partial charge in [0.2, 0.25) is 0 Å². The van der Waals surface area contributed by atoms with Gasteiger partial charge in [-0.15, -0.1) is 0 Å². The van der Waals surface area contributed by atoms with Gasteiger partial charge in [-0.05, 0) is 40.5 Å². The summed E-state index contributed by atoms with van der Waals surface area (Å²) in [5.74, 6) is 0. The second-order valence-corrected chi connectivity index (χ2v) is 5.11. The number of aliphatic hydroxyl groups is 1. The van der Waals surface area contributed by atoms with Gasteiger partial charge in [0, 0.05) is 18.6 Å². The van der Waals surface area contributed by atoms with Gasteiger partial charge in [0.25, 0.3) is 0 Å². The minimum Gasteiger partial charge on any atom is -0.389 e. The Bertz CT molecular complexity index is 152. The molecule has 0 unspecified atom stereocenters. The Morgan fingerprint density at radius 3 is 2.08 bits per heavy atom. The van der Waals surface area contributed by atoms with Crippen molar-refractivity contribution in [1.82, 2.24) is 4.90 Å². The molecule has 0 aromatic rings. The third-order valence-corrected chi connectivity index (χ3v) is 2.95. The van der Waals surface area contributed by atoms with E-state index in [-0.39, 0.29) is 0 Å². The average Bonchev–Trinajstić information content (AvgIpc) is 1.95. The van der Waals surface area contributed by atoms with Gasteiger partial charge in [0.1, 0.15) is 0 Å². The van der Waals surface area contributed by atoms with E-state index in [1.165, 1.54) is 19.3 Å². The molecular weight excluding hydrogens is 162 g/mol. The predicted octanol–water partition coefficient (Wildman–Crippen LogP) is 2.02. The van der Waals surface area contributed by atoms with Crippen LogP contribution in [0.25, 0.3) is 0 Å². The molecular formula is C11H23NO. The first kappa shape index (κ1) is 11.0. The molecule has 0 aliphatic carbocycles. The molecule has 0 saturated carbocycles. The van der Waals surface area contributed by atoms with E-state index in [0.29, 0.717) is 12.1 Å². The Labute approximate surface area is 81.9 Å². The van der Waals surface area contributed by atoms with Crippen molar-refractivity contribution in [1.29, 1.82) is 0 Å². The quantitative estimate of drug-likeness (QED) is 0.711. The monoisotopic (exact) mass is 185 g/mol. The Morgan fingerprint density at radius 1 is 1.23 bits per heavy atom. The molecule has 0 bridgehead atoms. The van der Waals surface area contributed by atoms with Crippen LogP contribution in [0.4, 0.5) is 0 Å². The molecule has 0 amide bonds. The maximum Gasteiger partial charge on any atom is 0.0718 e. The highest BCUT2D eigenvalue weighted by Crippen LogP contribution is 2.24. The molecule has 2 heteroatoms. The third kappa shape index (κ3) is 3.28. The van der Waals surface area contributed by atoms with Crippen molar-refractivity contribution in [3.63, 3.8) is 0 Å². The van der Waals surface area contributed by atoms with Crippen molar-refractivity contribution in [2.45, 2.75) is 64.6 Å². The summed E-state index contributed by atoms with van der Waals surface area (Å²) in [5.41, 5.74) is -0.556. The Morgan fingerprint density at radius 2 is 1.69 bits per heavy atom. The zero-order valence-corrected chi connectivity index (χ0v) is 9.38. The molecule has 0 spiro atoms. The summed E-state index contributed by atoms with van der Waals surface area (Å²) in [6, 6.07) is 1.27. The summed E-state index contributed by atoms with van der Waals surface area (Å²) >= 11 is 0. The summed E-state index contributed by atoms with van der Waals surface area (Å²) in [7, 11) is 0. The van der Waals surface area contributed by atoms with E-state index in [4.69, 9.17) is 0 Å². The molecule has 1 heterocycles. The van der Waals surface area contributed by atoms with Crippen molar-refractivity contribution in [2.24, 2.45) is 0 Å². The van der Waals surface area contributed by atoms with Gasteiger partial charge in [-0.2, -0.15) is 0 Å². The van der Waals surface area contributed by atoms with Crippen LogP contribution in [0, 0.1) is 0 Å². The number of rotatable bonds is 2. The lowest BCUT2D eigenvalue weighted by molar-refractivity contribution is -0.00681. The van der Waals surface area contributed by atoms with Crippen LogP contribution >= 0.6 is 0 Å². The number of hydrogen-bond donors (Lipinski definition) is 1. The first-order valence-corrected chi connectivity index (χ1v) is 5.38. The molecule has 1 fully saturated rings. The molecule has 13 heavy (non-hydrogen) atoms. The fourth-order valence-electron chi connectivity index (χ4n) is 2.23. The van der Waals surface area contributed by atoms with E-state index in [1.807, 2.05) is 13.8 Å². The number of β-amino-alcohol motifs (C(OH)–C–C–N with tert-alkyl or cyclic N) is 1. The summed E-state index contributed by atoms with van der Waals surface area (Å²) < 4.78 is 0. The summed E-state index contributed by atoms with van der Waals surface area (Å²) in [4.78, 5) is 2.43. The van der Waals surface area contributed by atoms with Crippen LogP contribution in [0.15, 0.2) is 0 Å². The van der Waals surface area contributed by atoms with Crippen LogP contribution in [0.5, 0.6) is 0 Å². The second-order valence-electron chi connectivity index (χ2n) is 5.11. The standard InChI is InChI=1S/C11H23NO/c1-9-6-5-7-10(2)12(9)8-11(3,4)13/h9-10,13H,5-8H2,1-4H3/t9-,10-/m1/s1. The van der Waals surface area contributed by atoms with E-state index in [9.17, 15) is 5.11 Å². The van der Waals surface area contributed by atoms with Crippen molar-refractivity contribution in [3.05, 3.63) is 0 Å². The molecule has 2 atom stereocenters. The highest BCUT2D eigenvalue weighted by molar-refractivity contribution is 4.83. The lowest BCUT2D eigenvalue weighted by atomic mass is 9.95. The lowest BCUT2D eigenvalue weighted by Gasteiger charge is -2.41. The minimum absolute atomic E-state index is 0.556. The van der Waals surface area contributed by atoms with Crippen molar-refractivity contribution >= 4 is 0 Å². The lowest BCUT2D eigenvalue weighted by Crippen LogP contribution is -2.50. The zero-order chi connectivity index (χ0) is 10.1. The SMILES string of the molecule is C[C@@H]1CCC[C@@H](C)N1CC(C)(C)O. The van der Waals surface area contributed by atoms with Crippen LogP contribution in [-0.2, 0) is 0 Å². The van der Waals surface area contributed by atoms with Crippen molar-refractivity contribution in [3.8, 4) is 0 Å². The number of piperidine rings is 1. The van der Waals surface area contributed by atoms with Crippen LogP contribution in [0.1, 0.15) is 47.0 Å². The van der Waals surface area contributed by atoms with E-state index in [0.717, 1.165) is 6.54 Å². The van der Waals surface area contributed by atoms with Gasteiger partial charge in [-0.25, -0.2) is 0 Å². The molecule has 1 saturated heterocycles. The number of nitrogens with zero attached hydrogens (tertiary/aromatic N) is 1. The normalized spacial score (nSPS) is 32.1. The summed E-state index contributed by atoms with van der Waals surface area (Å²) in [6.07, 6.45) is 3.89. The Hall–Kier alpha value is -0.0800. The van der Waals surface area contributed by atoms with E-state index >= 15 is 0 Å². The maximum absolute atomic E-state index is 9.76. The predicted molar refractivity (Wildman–Crippen MR) is 55.8 cm³/mol. The van der Waals surface area contributed by atoms with Crippen molar-refractivity contribution < 1.29 is 5.11 Å². The first-order valence-electron chi connectivity index (χ1n) is 5.38. The highest BCUT2D eigenvalue weighted by atomic mass is 16.3. The van der Waals surface area contributed by atoms with Crippen LogP contribution in [0.2, 0.25) is 0 Å². The summed E-state index contributed by atoms with van der Waals surface area (Å²) in [6.45, 7) is 9.11. The molecule has 0 aromatic carbocycles. The molecule has 0 aromatic heterocycles. The molecule has 1 aliphatic heterocycles. The molecule has 1 N–H and O–H groups in total. The van der Waals surface area contributed by atoms with E-state index < -0.39 is 5.60 Å². The highest BCUT2D eigenvalue weighted by Gasteiger charge is 2.28. The first-order chi connectivity index (χ1) is 5.90. The van der Waals surface area contributed by atoms with Crippen molar-refractivity contribution in [2.75, 3.05) is 6.54 Å². The topological polar surface area (TPSA) is 23.5 Å². The van der Waals surface area contributed by atoms with Gasteiger partial charge >= 0.3 is 0 Å². The fraction of sp³-hybridized carbons (Fsp3) is 1.00. The van der Waals surface area contributed by atoms with Gasteiger partial charge < -0.3 is 5.11 Å². The molecule has 1 rings (SSSR count). The van der Waals surface area contributed by atoms with Gasteiger partial charge in [0.05, 0.1) is 5.60 Å². The molecule has 1 aliphatic rings. The van der Waals surface area contributed by atoms with Gasteiger partial charge in [0.15, 0.2) is 0 Å². The number of likely N-dealkylation sites (tertiary alicyclic amines) is 1. The van der Waals surface area contributed by atoms with E-state index in [2.05, 4.69) is 18.7 Å². The summed E-state index contributed by atoms with van der Waals surface area (Å²) in [5, 5.41) is 9.76. The van der Waals surface area contributed by atoms with Gasteiger partial charge in [-0.3, -0.25) is 4.90 Å². The number of hydrogen-bond acceptors (Lipinski definition) is 2. The fourth-order valence-corrected chi connectivity index (χ4v) is 2.23. The van der Waals surface area contributed by atoms with Gasteiger partial charge in [-0.1, -0.05) is 6.42 Å². The van der Waals surface area contributed by atoms with Crippen LogP contribution in [-0.4, -0.2) is 34.2 Å². The maximum atomic E-state index is 9.76. The average molecular weight is 185 g/mol. The second kappa shape index (κ2) is 3.97. The Kier molecular flexibility index (Phi) is 3.36. The van der Waals surface area contributed by atoms with Crippen LogP contribution in [0.3, 0.4) is 0 Å². The Balaban J connectivity index is 2.54. The molecule has 78 valence electrons. The molecule has 2 nitrogen and oxygen atoms in total. The molecule has 0 radical (unpaired) electrons. The minimum atomic E-state index is -0.556. The largest absolute Gasteiger partial charge is 0.389 e. The smallest absolute Gasteiger partial charge is 0.0718 e. The third-order valence-electron chi connectivity index (χ3n) is 2.95. The zero-order valence-electron chi connectivity index (χ0n) is 9.38. The van der Waals surface area contributed by atoms with E-state index in [1.54, 1.807) is 0 Å². The van der Waals surface area contributed by atoms with Crippen LogP contribution < -0.4 is 0 Å².